The number of amides is 1. The molecule has 4 aromatic rings. The summed E-state index contributed by atoms with van der Waals surface area (Å²) in [6.07, 6.45) is 0. The van der Waals surface area contributed by atoms with Crippen LogP contribution in [0.3, 0.4) is 0 Å². The molecule has 0 aliphatic rings. The Hall–Kier alpha value is -3.47. The molecule has 1 heterocycles. The van der Waals surface area contributed by atoms with Crippen LogP contribution in [-0.4, -0.2) is 22.0 Å². The molecule has 0 bridgehead atoms. The number of imidazole rings is 1. The van der Waals surface area contributed by atoms with Gasteiger partial charge < -0.3 is 9.47 Å². The summed E-state index contributed by atoms with van der Waals surface area (Å²) in [6.45, 7) is 2.56. The zero-order valence-corrected chi connectivity index (χ0v) is 15.5. The van der Waals surface area contributed by atoms with Crippen LogP contribution in [0, 0.1) is 5.82 Å². The Labute approximate surface area is 162 Å². The van der Waals surface area contributed by atoms with Crippen LogP contribution < -0.4 is 4.90 Å². The number of benzene rings is 3. The molecule has 0 spiro atoms. The number of fused-ring (bicyclic) bond motifs is 1. The summed E-state index contributed by atoms with van der Waals surface area (Å²) >= 11 is 0. The highest BCUT2D eigenvalue weighted by Crippen LogP contribution is 2.27. The molecule has 3 aromatic carbocycles. The topological polar surface area (TPSA) is 38.1 Å². The quantitative estimate of drug-likeness (QED) is 0.499. The van der Waals surface area contributed by atoms with Gasteiger partial charge in [-0.1, -0.05) is 42.5 Å². The molecule has 0 fully saturated rings. The molecule has 0 aliphatic carbocycles. The number of carbonyl (C=O) groups excluding carboxylic acids is 1. The van der Waals surface area contributed by atoms with Crippen LogP contribution in [0.15, 0.2) is 78.9 Å². The Kier molecular flexibility index (Phi) is 4.89. The highest BCUT2D eigenvalue weighted by atomic mass is 19.1. The van der Waals surface area contributed by atoms with Crippen molar-refractivity contribution in [3.05, 3.63) is 84.7 Å². The van der Waals surface area contributed by atoms with Gasteiger partial charge in [-0.25, -0.2) is 9.37 Å². The fourth-order valence-corrected chi connectivity index (χ4v) is 3.42. The summed E-state index contributed by atoms with van der Waals surface area (Å²) in [5.41, 5.74) is 2.76. The van der Waals surface area contributed by atoms with E-state index in [2.05, 4.69) is 4.98 Å². The third-order valence-corrected chi connectivity index (χ3v) is 4.75. The lowest BCUT2D eigenvalue weighted by atomic mass is 10.2. The fourth-order valence-electron chi connectivity index (χ4n) is 3.42. The smallest absolute Gasteiger partial charge is 0.246 e. The third-order valence-electron chi connectivity index (χ3n) is 4.75. The van der Waals surface area contributed by atoms with Crippen LogP contribution in [0.5, 0.6) is 0 Å². The number of rotatable bonds is 5. The van der Waals surface area contributed by atoms with Crippen molar-refractivity contribution in [1.29, 1.82) is 0 Å². The van der Waals surface area contributed by atoms with E-state index in [9.17, 15) is 9.18 Å². The van der Waals surface area contributed by atoms with E-state index in [0.717, 1.165) is 16.7 Å². The summed E-state index contributed by atoms with van der Waals surface area (Å²) in [4.78, 5) is 19.5. The van der Waals surface area contributed by atoms with Crippen molar-refractivity contribution in [3.8, 4) is 11.4 Å². The van der Waals surface area contributed by atoms with Gasteiger partial charge in [-0.05, 0) is 43.3 Å². The number of likely N-dealkylation sites (N-methyl/N-ethyl adjacent to an activating group) is 1. The van der Waals surface area contributed by atoms with Crippen LogP contribution in [0.25, 0.3) is 22.4 Å². The van der Waals surface area contributed by atoms with Gasteiger partial charge in [0.1, 0.15) is 18.2 Å². The Bertz CT molecular complexity index is 1120. The molecule has 0 saturated heterocycles. The van der Waals surface area contributed by atoms with E-state index in [4.69, 9.17) is 0 Å². The molecule has 0 saturated carbocycles. The van der Waals surface area contributed by atoms with Gasteiger partial charge in [0.05, 0.1) is 16.6 Å². The molecule has 4 rings (SSSR count). The second-order valence-corrected chi connectivity index (χ2v) is 6.46. The minimum Gasteiger partial charge on any atom is -0.314 e. The minimum atomic E-state index is -0.359. The van der Waals surface area contributed by atoms with Gasteiger partial charge in [0.2, 0.25) is 5.91 Å². The molecule has 28 heavy (non-hydrogen) atoms. The van der Waals surface area contributed by atoms with Crippen molar-refractivity contribution < 1.29 is 9.18 Å². The average molecular weight is 373 g/mol. The lowest BCUT2D eigenvalue weighted by molar-refractivity contribution is -0.119. The first kappa shape index (κ1) is 17.9. The largest absolute Gasteiger partial charge is 0.314 e. The van der Waals surface area contributed by atoms with E-state index < -0.39 is 0 Å². The van der Waals surface area contributed by atoms with Gasteiger partial charge in [-0.3, -0.25) is 4.79 Å². The first-order valence-corrected chi connectivity index (χ1v) is 9.24. The van der Waals surface area contributed by atoms with Crippen molar-refractivity contribution in [1.82, 2.24) is 9.55 Å². The summed E-state index contributed by atoms with van der Waals surface area (Å²) in [5.74, 6) is 0.0214. The Balaban J connectivity index is 1.79. The normalized spacial score (nSPS) is 10.9. The summed E-state index contributed by atoms with van der Waals surface area (Å²) in [5, 5.41) is 0. The van der Waals surface area contributed by atoms with Gasteiger partial charge in [-0.2, -0.15) is 0 Å². The van der Waals surface area contributed by atoms with E-state index >= 15 is 0 Å². The molecule has 1 aromatic heterocycles. The van der Waals surface area contributed by atoms with Crippen LogP contribution in [0.2, 0.25) is 0 Å². The van der Waals surface area contributed by atoms with Crippen molar-refractivity contribution in [2.45, 2.75) is 13.5 Å². The number of anilines is 1. The number of hydrogen-bond acceptors (Lipinski definition) is 2. The van der Waals surface area contributed by atoms with E-state index in [-0.39, 0.29) is 18.3 Å². The van der Waals surface area contributed by atoms with Gasteiger partial charge in [0, 0.05) is 12.2 Å². The zero-order chi connectivity index (χ0) is 19.5. The monoisotopic (exact) mass is 373 g/mol. The van der Waals surface area contributed by atoms with Gasteiger partial charge in [0.25, 0.3) is 0 Å². The molecule has 1 amide bonds. The molecule has 0 atom stereocenters. The molecular weight excluding hydrogens is 353 g/mol. The zero-order valence-electron chi connectivity index (χ0n) is 15.5. The molecule has 0 radical (unpaired) electrons. The summed E-state index contributed by atoms with van der Waals surface area (Å²) in [7, 11) is 0. The van der Waals surface area contributed by atoms with Crippen molar-refractivity contribution in [3.63, 3.8) is 0 Å². The van der Waals surface area contributed by atoms with Crippen LogP contribution in [0.1, 0.15) is 6.92 Å². The number of aromatic nitrogens is 2. The molecular formula is C23H20FN3O. The molecule has 5 heteroatoms. The van der Waals surface area contributed by atoms with E-state index in [1.54, 1.807) is 27.7 Å². The maximum absolute atomic E-state index is 14.5. The lowest BCUT2D eigenvalue weighted by Crippen LogP contribution is -2.33. The Morgan fingerprint density at radius 2 is 1.64 bits per heavy atom. The van der Waals surface area contributed by atoms with E-state index in [0.29, 0.717) is 17.9 Å². The molecule has 0 aliphatic heterocycles. The van der Waals surface area contributed by atoms with Crippen molar-refractivity contribution in [2.24, 2.45) is 0 Å². The first-order chi connectivity index (χ1) is 13.7. The predicted molar refractivity (Wildman–Crippen MR) is 110 cm³/mol. The number of carbonyl (C=O) groups is 1. The number of nitrogens with zero attached hydrogens (tertiary/aromatic N) is 3. The van der Waals surface area contributed by atoms with Crippen molar-refractivity contribution >= 4 is 22.6 Å². The molecule has 0 N–H and O–H groups in total. The molecule has 140 valence electrons. The molecule has 4 nitrogen and oxygen atoms in total. The van der Waals surface area contributed by atoms with Gasteiger partial charge in [0.15, 0.2) is 0 Å². The fraction of sp³-hybridized carbons (Fsp3) is 0.130. The SMILES string of the molecule is CCN(C(=O)Cn1c(-c2ccccc2F)nc2ccccc21)c1ccccc1. The number of para-hydroxylation sites is 3. The van der Waals surface area contributed by atoms with Crippen LogP contribution in [0.4, 0.5) is 10.1 Å². The highest BCUT2D eigenvalue weighted by Gasteiger charge is 2.20. The Morgan fingerprint density at radius 1 is 0.964 bits per heavy atom. The maximum atomic E-state index is 14.5. The van der Waals surface area contributed by atoms with Crippen LogP contribution >= 0.6 is 0 Å². The summed E-state index contributed by atoms with van der Waals surface area (Å²) < 4.78 is 16.3. The minimum absolute atomic E-state index is 0.0746. The Morgan fingerprint density at radius 3 is 2.39 bits per heavy atom. The molecule has 0 unspecified atom stereocenters. The second kappa shape index (κ2) is 7.64. The second-order valence-electron chi connectivity index (χ2n) is 6.46. The number of hydrogen-bond donors (Lipinski definition) is 0. The third kappa shape index (κ3) is 3.27. The van der Waals surface area contributed by atoms with Crippen LogP contribution in [-0.2, 0) is 11.3 Å². The lowest BCUT2D eigenvalue weighted by Gasteiger charge is -2.22. The van der Waals surface area contributed by atoms with Gasteiger partial charge >= 0.3 is 0 Å². The number of halogens is 1. The maximum Gasteiger partial charge on any atom is 0.246 e. The van der Waals surface area contributed by atoms with E-state index in [1.165, 1.54) is 6.07 Å². The average Bonchev–Trinajstić information content (AvgIpc) is 3.08. The van der Waals surface area contributed by atoms with Crippen molar-refractivity contribution in [2.75, 3.05) is 11.4 Å². The summed E-state index contributed by atoms with van der Waals surface area (Å²) in [6, 6.07) is 23.6. The van der Waals surface area contributed by atoms with E-state index in [1.807, 2.05) is 61.5 Å². The van der Waals surface area contributed by atoms with Gasteiger partial charge in [-0.15, -0.1) is 0 Å². The predicted octanol–water partition coefficient (Wildman–Crippen LogP) is 4.90. The standard InChI is InChI=1S/C23H20FN3O/c1-2-26(17-10-4-3-5-11-17)22(28)16-27-21-15-9-8-14-20(21)25-23(27)18-12-6-7-13-19(18)24/h3-15H,2,16H2,1H3. The highest BCUT2D eigenvalue weighted by molar-refractivity contribution is 5.94. The first-order valence-electron chi connectivity index (χ1n) is 9.24.